The van der Waals surface area contributed by atoms with Gasteiger partial charge in [-0.05, 0) is 49.8 Å². The number of nitrogens with two attached hydrogens (primary N) is 1. The van der Waals surface area contributed by atoms with Gasteiger partial charge in [0.2, 0.25) is 5.91 Å². The van der Waals surface area contributed by atoms with E-state index in [0.717, 1.165) is 29.8 Å². The number of thiazole rings is 1. The van der Waals surface area contributed by atoms with Gasteiger partial charge in [0, 0.05) is 6.04 Å². The van der Waals surface area contributed by atoms with E-state index in [1.165, 1.54) is 23.5 Å². The van der Waals surface area contributed by atoms with Crippen molar-refractivity contribution < 1.29 is 14.0 Å². The van der Waals surface area contributed by atoms with Crippen molar-refractivity contribution in [1.82, 2.24) is 9.88 Å². The molecule has 1 saturated heterocycles. The second kappa shape index (κ2) is 6.46. The predicted octanol–water partition coefficient (Wildman–Crippen LogP) is 3.13. The SMILES string of the molecule is Cc1nc(C(=O)N2[C@H](C(N)=O)C[C@@H]3CCC[C@@H]32)c(-c2ccc(F)cc2)s1. The molecular weight excluding hydrogens is 353 g/mol. The molecule has 1 aromatic carbocycles. The van der Waals surface area contributed by atoms with E-state index in [-0.39, 0.29) is 17.8 Å². The lowest BCUT2D eigenvalue weighted by atomic mass is 10.0. The summed E-state index contributed by atoms with van der Waals surface area (Å²) in [5.74, 6) is -0.689. The minimum absolute atomic E-state index is 0.0584. The Bertz CT molecular complexity index is 864. The van der Waals surface area contributed by atoms with Gasteiger partial charge >= 0.3 is 0 Å². The first-order chi connectivity index (χ1) is 12.5. The minimum atomic E-state index is -0.569. The smallest absolute Gasteiger partial charge is 0.274 e. The van der Waals surface area contributed by atoms with Gasteiger partial charge in [-0.25, -0.2) is 9.37 Å². The summed E-state index contributed by atoms with van der Waals surface area (Å²) in [6.45, 7) is 1.84. The van der Waals surface area contributed by atoms with Gasteiger partial charge in [0.1, 0.15) is 17.6 Å². The van der Waals surface area contributed by atoms with Crippen LogP contribution in [0, 0.1) is 18.7 Å². The predicted molar refractivity (Wildman–Crippen MR) is 97.1 cm³/mol. The van der Waals surface area contributed by atoms with E-state index in [9.17, 15) is 14.0 Å². The number of amides is 2. The molecule has 3 atom stereocenters. The third kappa shape index (κ3) is 2.80. The van der Waals surface area contributed by atoms with Gasteiger partial charge in [-0.2, -0.15) is 0 Å². The van der Waals surface area contributed by atoms with Crippen molar-refractivity contribution in [2.75, 3.05) is 0 Å². The Morgan fingerprint density at radius 1 is 1.27 bits per heavy atom. The lowest BCUT2D eigenvalue weighted by molar-refractivity contribution is -0.122. The summed E-state index contributed by atoms with van der Waals surface area (Å²) < 4.78 is 13.3. The summed E-state index contributed by atoms with van der Waals surface area (Å²) >= 11 is 1.40. The number of hydrogen-bond donors (Lipinski definition) is 1. The van der Waals surface area contributed by atoms with Crippen LogP contribution in [0.15, 0.2) is 24.3 Å². The molecule has 2 heterocycles. The highest BCUT2D eigenvalue weighted by atomic mass is 32.1. The number of carbonyl (C=O) groups is 2. The summed E-state index contributed by atoms with van der Waals surface area (Å²) in [5.41, 5.74) is 6.67. The van der Waals surface area contributed by atoms with Crippen molar-refractivity contribution in [3.05, 3.63) is 40.8 Å². The second-order valence-electron chi connectivity index (χ2n) is 7.04. The number of aromatic nitrogens is 1. The number of carbonyl (C=O) groups excluding carboxylic acids is 2. The van der Waals surface area contributed by atoms with Crippen LogP contribution in [0.4, 0.5) is 4.39 Å². The van der Waals surface area contributed by atoms with E-state index in [1.54, 1.807) is 17.0 Å². The van der Waals surface area contributed by atoms with E-state index in [2.05, 4.69) is 4.98 Å². The molecule has 2 N–H and O–H groups in total. The maximum atomic E-state index is 13.4. The molecule has 7 heteroatoms. The highest BCUT2D eigenvalue weighted by Gasteiger charge is 2.48. The number of nitrogens with zero attached hydrogens (tertiary/aromatic N) is 2. The van der Waals surface area contributed by atoms with Gasteiger partial charge in [0.25, 0.3) is 5.91 Å². The number of likely N-dealkylation sites (tertiary alicyclic amines) is 1. The van der Waals surface area contributed by atoms with Crippen LogP contribution in [0.5, 0.6) is 0 Å². The molecule has 2 amide bonds. The molecule has 1 aliphatic heterocycles. The van der Waals surface area contributed by atoms with Gasteiger partial charge in [-0.3, -0.25) is 9.59 Å². The van der Waals surface area contributed by atoms with Crippen molar-refractivity contribution in [1.29, 1.82) is 0 Å². The fraction of sp³-hybridized carbons (Fsp3) is 0.421. The largest absolute Gasteiger partial charge is 0.368 e. The van der Waals surface area contributed by atoms with Crippen molar-refractivity contribution in [2.45, 2.75) is 44.7 Å². The average Bonchev–Trinajstić information content (AvgIpc) is 3.28. The molecule has 0 unspecified atom stereocenters. The molecule has 2 aliphatic rings. The minimum Gasteiger partial charge on any atom is -0.368 e. The van der Waals surface area contributed by atoms with Crippen molar-refractivity contribution >= 4 is 23.2 Å². The molecule has 0 bridgehead atoms. The normalized spacial score (nSPS) is 24.7. The number of rotatable bonds is 3. The third-order valence-electron chi connectivity index (χ3n) is 5.44. The fourth-order valence-electron chi connectivity index (χ4n) is 4.33. The molecule has 0 spiro atoms. The lowest BCUT2D eigenvalue weighted by Crippen LogP contribution is -2.47. The van der Waals surface area contributed by atoms with Crippen LogP contribution < -0.4 is 5.73 Å². The summed E-state index contributed by atoms with van der Waals surface area (Å²) in [4.78, 5) is 32.1. The van der Waals surface area contributed by atoms with Gasteiger partial charge in [0.15, 0.2) is 0 Å². The lowest BCUT2D eigenvalue weighted by Gasteiger charge is -2.27. The highest BCUT2D eigenvalue weighted by Crippen LogP contribution is 2.43. The molecule has 1 aromatic heterocycles. The Labute approximate surface area is 155 Å². The Hall–Kier alpha value is -2.28. The third-order valence-corrected chi connectivity index (χ3v) is 6.46. The van der Waals surface area contributed by atoms with Gasteiger partial charge in [0.05, 0.1) is 9.88 Å². The van der Waals surface area contributed by atoms with Crippen LogP contribution in [-0.4, -0.2) is 33.8 Å². The second-order valence-corrected chi connectivity index (χ2v) is 8.25. The average molecular weight is 373 g/mol. The zero-order chi connectivity index (χ0) is 18.4. The summed E-state index contributed by atoms with van der Waals surface area (Å²) in [6.07, 6.45) is 3.63. The first-order valence-electron chi connectivity index (χ1n) is 8.81. The topological polar surface area (TPSA) is 76.3 Å². The summed E-state index contributed by atoms with van der Waals surface area (Å²) in [7, 11) is 0. The molecule has 1 saturated carbocycles. The Morgan fingerprint density at radius 2 is 2.00 bits per heavy atom. The van der Waals surface area contributed by atoms with Gasteiger partial charge < -0.3 is 10.6 Å². The number of halogens is 1. The molecule has 5 nitrogen and oxygen atoms in total. The number of hydrogen-bond acceptors (Lipinski definition) is 4. The molecule has 4 rings (SSSR count). The van der Waals surface area contributed by atoms with Gasteiger partial charge in [-0.1, -0.05) is 18.6 Å². The number of benzene rings is 1. The maximum absolute atomic E-state index is 13.4. The van der Waals surface area contributed by atoms with Crippen LogP contribution in [-0.2, 0) is 4.79 Å². The molecular formula is C19H20FN3O2S. The zero-order valence-electron chi connectivity index (χ0n) is 14.4. The van der Waals surface area contributed by atoms with Crippen LogP contribution in [0.2, 0.25) is 0 Å². The molecule has 26 heavy (non-hydrogen) atoms. The fourth-order valence-corrected chi connectivity index (χ4v) is 5.24. The Balaban J connectivity index is 1.74. The number of primary amides is 1. The van der Waals surface area contributed by atoms with E-state index in [1.807, 2.05) is 6.92 Å². The van der Waals surface area contributed by atoms with Crippen LogP contribution in [0.25, 0.3) is 10.4 Å². The number of aryl methyl sites for hydroxylation is 1. The summed E-state index contributed by atoms with van der Waals surface area (Å²) in [5, 5.41) is 0.755. The monoisotopic (exact) mass is 373 g/mol. The van der Waals surface area contributed by atoms with E-state index >= 15 is 0 Å². The van der Waals surface area contributed by atoms with E-state index in [4.69, 9.17) is 5.73 Å². The Kier molecular flexibility index (Phi) is 4.26. The molecule has 1 aliphatic carbocycles. The standard InChI is InChI=1S/C19H20FN3O2S/c1-10-22-16(17(26-10)11-5-7-13(20)8-6-11)19(25)23-14-4-2-3-12(14)9-15(23)18(21)24/h5-8,12,14-15H,2-4,9H2,1H3,(H2,21,24)/t12-,14-,15-/m0/s1. The summed E-state index contributed by atoms with van der Waals surface area (Å²) in [6, 6.07) is 5.52. The zero-order valence-corrected chi connectivity index (χ0v) is 15.3. The molecule has 136 valence electrons. The van der Waals surface area contributed by atoms with E-state index < -0.39 is 11.9 Å². The Morgan fingerprint density at radius 3 is 2.69 bits per heavy atom. The molecule has 0 radical (unpaired) electrons. The molecule has 2 aromatic rings. The first-order valence-corrected chi connectivity index (χ1v) is 9.62. The maximum Gasteiger partial charge on any atom is 0.274 e. The van der Waals surface area contributed by atoms with E-state index in [0.29, 0.717) is 22.9 Å². The first kappa shape index (κ1) is 17.1. The van der Waals surface area contributed by atoms with Crippen molar-refractivity contribution in [2.24, 2.45) is 11.7 Å². The van der Waals surface area contributed by atoms with Gasteiger partial charge in [-0.15, -0.1) is 11.3 Å². The number of fused-ring (bicyclic) bond motifs is 1. The van der Waals surface area contributed by atoms with Crippen molar-refractivity contribution in [3.8, 4) is 10.4 Å². The molecule has 2 fully saturated rings. The highest BCUT2D eigenvalue weighted by molar-refractivity contribution is 7.15. The van der Waals surface area contributed by atoms with Crippen LogP contribution in [0.3, 0.4) is 0 Å². The quantitative estimate of drug-likeness (QED) is 0.898. The van der Waals surface area contributed by atoms with Crippen LogP contribution >= 0.6 is 11.3 Å². The van der Waals surface area contributed by atoms with Crippen molar-refractivity contribution in [3.63, 3.8) is 0 Å². The van der Waals surface area contributed by atoms with Crippen LogP contribution in [0.1, 0.15) is 41.2 Å².